The number of nitrogen functional groups attached to an aromatic ring is 1. The summed E-state index contributed by atoms with van der Waals surface area (Å²) in [7, 11) is 0. The molecular formula is C13H8BrClFN5. The molecule has 0 saturated carbocycles. The van der Waals surface area contributed by atoms with Crippen molar-refractivity contribution >= 4 is 33.2 Å². The van der Waals surface area contributed by atoms with E-state index in [0.717, 1.165) is 0 Å². The number of nitrogens with two attached hydrogens (primary N) is 1. The molecule has 0 aliphatic rings. The maximum atomic E-state index is 13.7. The first kappa shape index (κ1) is 14.0. The molecule has 3 aromatic rings. The van der Waals surface area contributed by atoms with Crippen molar-refractivity contribution in [2.45, 2.75) is 0 Å². The number of benzene rings is 2. The molecule has 0 atom stereocenters. The monoisotopic (exact) mass is 367 g/mol. The smallest absolute Gasteiger partial charge is 0.189 e. The lowest BCUT2D eigenvalue weighted by Gasteiger charge is -2.07. The van der Waals surface area contributed by atoms with Crippen LogP contribution in [0, 0.1) is 5.82 Å². The molecule has 3 rings (SSSR count). The van der Waals surface area contributed by atoms with Crippen molar-refractivity contribution in [1.82, 2.24) is 20.2 Å². The maximum Gasteiger partial charge on any atom is 0.189 e. The number of halogens is 3. The van der Waals surface area contributed by atoms with Gasteiger partial charge in [-0.2, -0.15) is 4.68 Å². The Morgan fingerprint density at radius 3 is 2.71 bits per heavy atom. The largest absolute Gasteiger partial charge is 0.398 e. The zero-order valence-corrected chi connectivity index (χ0v) is 12.8. The second-order valence-electron chi connectivity index (χ2n) is 4.24. The van der Waals surface area contributed by atoms with Crippen molar-refractivity contribution in [2.24, 2.45) is 0 Å². The second kappa shape index (κ2) is 5.42. The third-order valence-electron chi connectivity index (χ3n) is 2.87. The quantitative estimate of drug-likeness (QED) is 0.703. The number of aromatic nitrogens is 4. The van der Waals surface area contributed by atoms with E-state index in [1.165, 1.54) is 10.7 Å². The third-order valence-corrected chi connectivity index (χ3v) is 3.75. The number of hydrogen-bond donors (Lipinski definition) is 1. The highest BCUT2D eigenvalue weighted by Crippen LogP contribution is 2.28. The Morgan fingerprint density at radius 2 is 2.00 bits per heavy atom. The molecule has 2 N–H and O–H groups in total. The molecule has 1 heterocycles. The molecule has 21 heavy (non-hydrogen) atoms. The van der Waals surface area contributed by atoms with Gasteiger partial charge in [0.15, 0.2) is 5.82 Å². The first-order chi connectivity index (χ1) is 10.1. The molecule has 0 aliphatic heterocycles. The van der Waals surface area contributed by atoms with Gasteiger partial charge in [0.05, 0.1) is 10.2 Å². The molecule has 0 bridgehead atoms. The van der Waals surface area contributed by atoms with Crippen molar-refractivity contribution in [3.05, 3.63) is 51.7 Å². The Labute approximate surface area is 132 Å². The first-order valence-corrected chi connectivity index (χ1v) is 7.02. The van der Waals surface area contributed by atoms with Crippen molar-refractivity contribution in [2.75, 3.05) is 5.73 Å². The Balaban J connectivity index is 2.14. The van der Waals surface area contributed by atoms with E-state index in [-0.39, 0.29) is 0 Å². The van der Waals surface area contributed by atoms with Crippen LogP contribution in [0.3, 0.4) is 0 Å². The van der Waals surface area contributed by atoms with E-state index in [9.17, 15) is 4.39 Å². The van der Waals surface area contributed by atoms with Gasteiger partial charge >= 0.3 is 0 Å². The fourth-order valence-corrected chi connectivity index (χ4v) is 2.31. The van der Waals surface area contributed by atoms with Gasteiger partial charge in [0.2, 0.25) is 0 Å². The molecule has 8 heteroatoms. The zero-order valence-electron chi connectivity index (χ0n) is 10.5. The summed E-state index contributed by atoms with van der Waals surface area (Å²) in [4.78, 5) is 0. The molecule has 5 nitrogen and oxygen atoms in total. The van der Waals surface area contributed by atoms with Crippen molar-refractivity contribution in [3.8, 4) is 17.1 Å². The molecule has 0 amide bonds. The second-order valence-corrected chi connectivity index (χ2v) is 5.54. The van der Waals surface area contributed by atoms with E-state index in [1.54, 1.807) is 30.3 Å². The third kappa shape index (κ3) is 2.62. The van der Waals surface area contributed by atoms with Crippen molar-refractivity contribution in [3.63, 3.8) is 0 Å². The number of hydrogen-bond acceptors (Lipinski definition) is 4. The van der Waals surface area contributed by atoms with Crippen LogP contribution < -0.4 is 5.73 Å². The highest BCUT2D eigenvalue weighted by atomic mass is 79.9. The zero-order chi connectivity index (χ0) is 15.0. The molecule has 0 radical (unpaired) electrons. The predicted molar refractivity (Wildman–Crippen MR) is 81.7 cm³/mol. The molecule has 0 unspecified atom stereocenters. The fraction of sp³-hybridized carbons (Fsp3) is 0. The summed E-state index contributed by atoms with van der Waals surface area (Å²) in [5.74, 6) is 0.00363. The minimum absolute atomic E-state index is 0.367. The summed E-state index contributed by atoms with van der Waals surface area (Å²) in [5, 5.41) is 12.0. The van der Waals surface area contributed by atoms with Crippen molar-refractivity contribution < 1.29 is 4.39 Å². The van der Waals surface area contributed by atoms with E-state index < -0.39 is 5.82 Å². The van der Waals surface area contributed by atoms with E-state index in [2.05, 4.69) is 31.5 Å². The van der Waals surface area contributed by atoms with Gasteiger partial charge in [-0.05, 0) is 56.7 Å². The topological polar surface area (TPSA) is 69.6 Å². The summed E-state index contributed by atoms with van der Waals surface area (Å²) < 4.78 is 15.4. The van der Waals surface area contributed by atoms with E-state index in [0.29, 0.717) is 32.3 Å². The lowest BCUT2D eigenvalue weighted by Crippen LogP contribution is -2.02. The van der Waals surface area contributed by atoms with Gasteiger partial charge in [0.1, 0.15) is 5.82 Å². The van der Waals surface area contributed by atoms with E-state index >= 15 is 0 Å². The van der Waals surface area contributed by atoms with Gasteiger partial charge < -0.3 is 5.73 Å². The predicted octanol–water partition coefficient (Wildman–Crippen LogP) is 3.47. The molecular weight excluding hydrogens is 361 g/mol. The standard InChI is InChI=1S/C13H8BrClFN5/c14-10-4-2-8(6-11(10)16)21-13(18-19-20-21)9-3-1-7(15)5-12(9)17/h1-6H,17H2. The van der Waals surface area contributed by atoms with Crippen LogP contribution >= 0.6 is 27.5 Å². The Kier molecular flexibility index (Phi) is 3.60. The Hall–Kier alpha value is -1.99. The Bertz CT molecular complexity index is 820. The minimum atomic E-state index is -0.405. The highest BCUT2D eigenvalue weighted by molar-refractivity contribution is 9.10. The lowest BCUT2D eigenvalue weighted by atomic mass is 10.1. The first-order valence-electron chi connectivity index (χ1n) is 5.85. The van der Waals surface area contributed by atoms with Crippen LogP contribution in [-0.4, -0.2) is 20.2 Å². The molecule has 0 spiro atoms. The summed E-state index contributed by atoms with van der Waals surface area (Å²) in [5.41, 5.74) is 7.49. The van der Waals surface area contributed by atoms with E-state index in [4.69, 9.17) is 17.3 Å². The van der Waals surface area contributed by atoms with Gasteiger partial charge in [-0.15, -0.1) is 5.10 Å². The number of anilines is 1. The fourth-order valence-electron chi connectivity index (χ4n) is 1.88. The molecule has 0 fully saturated rings. The number of nitrogens with zero attached hydrogens (tertiary/aromatic N) is 4. The van der Waals surface area contributed by atoms with Crippen LogP contribution in [0.5, 0.6) is 0 Å². The molecule has 0 saturated heterocycles. The van der Waals surface area contributed by atoms with Gasteiger partial charge in [-0.1, -0.05) is 11.6 Å². The van der Waals surface area contributed by atoms with E-state index in [1.807, 2.05) is 0 Å². The number of rotatable bonds is 2. The van der Waals surface area contributed by atoms with Crippen LogP contribution in [0.1, 0.15) is 0 Å². The van der Waals surface area contributed by atoms with Crippen LogP contribution in [0.15, 0.2) is 40.9 Å². The minimum Gasteiger partial charge on any atom is -0.398 e. The normalized spacial score (nSPS) is 10.8. The maximum absolute atomic E-state index is 13.7. The highest BCUT2D eigenvalue weighted by Gasteiger charge is 2.14. The van der Waals surface area contributed by atoms with Crippen LogP contribution in [-0.2, 0) is 0 Å². The van der Waals surface area contributed by atoms with Gasteiger partial charge in [-0.25, -0.2) is 4.39 Å². The molecule has 2 aromatic carbocycles. The van der Waals surface area contributed by atoms with Crippen LogP contribution in [0.4, 0.5) is 10.1 Å². The average molecular weight is 369 g/mol. The van der Waals surface area contributed by atoms with Gasteiger partial charge in [0.25, 0.3) is 0 Å². The average Bonchev–Trinajstić information content (AvgIpc) is 2.91. The molecule has 106 valence electrons. The van der Waals surface area contributed by atoms with Crippen LogP contribution in [0.25, 0.3) is 17.1 Å². The van der Waals surface area contributed by atoms with Gasteiger partial charge in [0, 0.05) is 22.3 Å². The molecule has 0 aliphatic carbocycles. The van der Waals surface area contributed by atoms with Crippen molar-refractivity contribution in [1.29, 1.82) is 0 Å². The van der Waals surface area contributed by atoms with Gasteiger partial charge in [-0.3, -0.25) is 0 Å². The SMILES string of the molecule is Nc1cc(Cl)ccc1-c1nnnn1-c1ccc(Br)c(F)c1. The summed E-state index contributed by atoms with van der Waals surface area (Å²) in [6, 6.07) is 9.62. The Morgan fingerprint density at radius 1 is 1.19 bits per heavy atom. The lowest BCUT2D eigenvalue weighted by molar-refractivity contribution is 0.618. The molecule has 1 aromatic heterocycles. The summed E-state index contributed by atoms with van der Waals surface area (Å²) in [6.07, 6.45) is 0. The summed E-state index contributed by atoms with van der Waals surface area (Å²) in [6.45, 7) is 0. The number of tetrazole rings is 1. The summed E-state index contributed by atoms with van der Waals surface area (Å²) >= 11 is 8.99. The van der Waals surface area contributed by atoms with Crippen LogP contribution in [0.2, 0.25) is 5.02 Å².